The Morgan fingerprint density at radius 1 is 0.950 bits per heavy atom. The lowest BCUT2D eigenvalue weighted by Gasteiger charge is -2.15. The lowest BCUT2D eigenvalue weighted by molar-refractivity contribution is -0.120. The fraction of sp³-hybridized carbons (Fsp3) is 0.0690. The molecule has 0 unspecified atom stereocenters. The average Bonchev–Trinajstić information content (AvgIpc) is 3.52. The van der Waals surface area contributed by atoms with E-state index < -0.39 is 23.7 Å². The summed E-state index contributed by atoms with van der Waals surface area (Å²) in [6.45, 7) is 1.92. The molecule has 0 radical (unpaired) electrons. The zero-order chi connectivity index (χ0) is 28.2. The van der Waals surface area contributed by atoms with Gasteiger partial charge in [0.15, 0.2) is 5.13 Å². The van der Waals surface area contributed by atoms with Gasteiger partial charge < -0.3 is 10.1 Å². The molecule has 0 spiro atoms. The molecule has 3 aromatic carbocycles. The summed E-state index contributed by atoms with van der Waals surface area (Å²) >= 11 is 7.55. The first-order valence-corrected chi connectivity index (χ1v) is 13.4. The Morgan fingerprint density at radius 2 is 1.70 bits per heavy atom. The Hall–Kier alpha value is -4.80. The van der Waals surface area contributed by atoms with Crippen LogP contribution < -0.4 is 15.5 Å². The number of amides is 3. The molecule has 1 aliphatic rings. The molecule has 0 fully saturated rings. The van der Waals surface area contributed by atoms with Crippen LogP contribution in [0.3, 0.4) is 0 Å². The maximum atomic E-state index is 13.2. The van der Waals surface area contributed by atoms with Gasteiger partial charge in [-0.2, -0.15) is 0 Å². The number of carbonyl (C=O) groups excluding carboxylic acids is 4. The third-order valence-corrected chi connectivity index (χ3v) is 6.96. The number of ether oxygens (including phenoxy) is 1. The Kier molecular flexibility index (Phi) is 7.72. The predicted molar refractivity (Wildman–Crippen MR) is 153 cm³/mol. The van der Waals surface area contributed by atoms with Crippen LogP contribution in [-0.2, 0) is 14.3 Å². The van der Waals surface area contributed by atoms with E-state index in [2.05, 4.69) is 15.6 Å². The van der Waals surface area contributed by atoms with E-state index in [0.29, 0.717) is 16.4 Å². The fourth-order valence-electron chi connectivity index (χ4n) is 3.93. The average molecular weight is 573 g/mol. The molecule has 0 saturated heterocycles. The number of carbonyl (C=O) groups is 4. The smallest absolute Gasteiger partial charge is 0.338 e. The summed E-state index contributed by atoms with van der Waals surface area (Å²) in [6.07, 6.45) is 0. The zero-order valence-electron chi connectivity index (χ0n) is 21.0. The highest BCUT2D eigenvalue weighted by Crippen LogP contribution is 2.31. The molecular formula is C29H21ClN4O5S. The quantitative estimate of drug-likeness (QED) is 0.206. The third-order valence-electron chi connectivity index (χ3n) is 5.85. The number of rotatable bonds is 8. The first-order chi connectivity index (χ1) is 19.4. The molecule has 4 aromatic rings. The number of benzene rings is 3. The van der Waals surface area contributed by atoms with Crippen LogP contribution >= 0.6 is 22.9 Å². The summed E-state index contributed by atoms with van der Waals surface area (Å²) in [6, 6.07) is 21.9. The zero-order valence-corrected chi connectivity index (χ0v) is 22.6. The van der Waals surface area contributed by atoms with Crippen LogP contribution in [0.4, 0.5) is 16.5 Å². The summed E-state index contributed by atoms with van der Waals surface area (Å²) in [5, 5.41) is 7.65. The highest BCUT2D eigenvalue weighted by atomic mass is 35.5. The van der Waals surface area contributed by atoms with E-state index in [4.69, 9.17) is 16.3 Å². The number of anilines is 3. The van der Waals surface area contributed by atoms with Gasteiger partial charge in [0, 0.05) is 22.2 Å². The fourth-order valence-corrected chi connectivity index (χ4v) is 4.86. The highest BCUT2D eigenvalue weighted by molar-refractivity contribution is 7.14. The van der Waals surface area contributed by atoms with Gasteiger partial charge in [0.2, 0.25) is 0 Å². The number of aromatic nitrogens is 1. The van der Waals surface area contributed by atoms with E-state index in [1.807, 2.05) is 35.7 Å². The van der Waals surface area contributed by atoms with Crippen molar-refractivity contribution in [2.24, 2.45) is 0 Å². The molecule has 11 heteroatoms. The normalized spacial score (nSPS) is 13.0. The van der Waals surface area contributed by atoms with Gasteiger partial charge in [-0.25, -0.2) is 14.7 Å². The molecule has 1 aliphatic heterocycles. The monoisotopic (exact) mass is 572 g/mol. The first-order valence-electron chi connectivity index (χ1n) is 12.1. The molecule has 200 valence electrons. The summed E-state index contributed by atoms with van der Waals surface area (Å²) in [5.74, 6) is -2.30. The minimum absolute atomic E-state index is 0.133. The minimum Gasteiger partial charge on any atom is -0.462 e. The lowest BCUT2D eigenvalue weighted by Crippen LogP contribution is -2.32. The van der Waals surface area contributed by atoms with Crippen LogP contribution in [0.15, 0.2) is 95.0 Å². The lowest BCUT2D eigenvalue weighted by atomic mass is 10.2. The number of hydrogen-bond donors (Lipinski definition) is 2. The first kappa shape index (κ1) is 26.8. The van der Waals surface area contributed by atoms with Crippen LogP contribution in [0, 0.1) is 0 Å². The van der Waals surface area contributed by atoms with Gasteiger partial charge in [-0.15, -0.1) is 11.3 Å². The largest absolute Gasteiger partial charge is 0.462 e. The van der Waals surface area contributed by atoms with Crippen molar-refractivity contribution in [3.63, 3.8) is 0 Å². The van der Waals surface area contributed by atoms with Gasteiger partial charge in [-0.05, 0) is 49.4 Å². The molecule has 40 heavy (non-hydrogen) atoms. The van der Waals surface area contributed by atoms with Crippen molar-refractivity contribution < 1.29 is 23.9 Å². The van der Waals surface area contributed by atoms with Crippen LogP contribution in [0.5, 0.6) is 0 Å². The second kappa shape index (κ2) is 11.5. The number of esters is 1. The van der Waals surface area contributed by atoms with E-state index in [9.17, 15) is 19.2 Å². The second-order valence-corrected chi connectivity index (χ2v) is 9.70. The van der Waals surface area contributed by atoms with Crippen LogP contribution in [0.25, 0.3) is 11.3 Å². The van der Waals surface area contributed by atoms with Gasteiger partial charge in [-0.1, -0.05) is 48.0 Å². The van der Waals surface area contributed by atoms with Crippen LogP contribution in [-0.4, -0.2) is 35.3 Å². The molecule has 5 rings (SSSR count). The SMILES string of the molecule is CCOC(=O)c1ccc(N2C(=O)C(Cl)=C(Nc3cccc(C(=O)Nc4nc(-c5ccccc5)cs4)c3)C2=O)cc1. The third kappa shape index (κ3) is 5.49. The van der Waals surface area contributed by atoms with Crippen molar-refractivity contribution >= 4 is 63.1 Å². The number of imide groups is 1. The topological polar surface area (TPSA) is 118 Å². The molecular weight excluding hydrogens is 552 g/mol. The molecule has 0 bridgehead atoms. The van der Waals surface area contributed by atoms with Gasteiger partial charge in [0.1, 0.15) is 10.7 Å². The highest BCUT2D eigenvalue weighted by Gasteiger charge is 2.39. The van der Waals surface area contributed by atoms with Crippen molar-refractivity contribution in [3.05, 3.63) is 106 Å². The van der Waals surface area contributed by atoms with Crippen molar-refractivity contribution in [1.82, 2.24) is 4.98 Å². The van der Waals surface area contributed by atoms with E-state index in [1.165, 1.54) is 41.7 Å². The number of hydrogen-bond acceptors (Lipinski definition) is 8. The summed E-state index contributed by atoms with van der Waals surface area (Å²) in [4.78, 5) is 56.2. The van der Waals surface area contributed by atoms with Crippen molar-refractivity contribution in [1.29, 1.82) is 0 Å². The molecule has 3 amide bonds. The molecule has 0 saturated carbocycles. The van der Waals surface area contributed by atoms with Gasteiger partial charge in [-0.3, -0.25) is 19.7 Å². The molecule has 2 N–H and O–H groups in total. The summed E-state index contributed by atoms with van der Waals surface area (Å²) in [7, 11) is 0. The van der Waals surface area contributed by atoms with Gasteiger partial charge in [0.05, 0.1) is 23.6 Å². The maximum Gasteiger partial charge on any atom is 0.338 e. The van der Waals surface area contributed by atoms with Crippen molar-refractivity contribution in [2.75, 3.05) is 22.1 Å². The Balaban J connectivity index is 1.29. The maximum absolute atomic E-state index is 13.2. The standard InChI is InChI=1S/C29H21ClN4O5S/c1-2-39-28(38)18-11-13-21(14-12-18)34-26(36)23(30)24(27(34)37)31-20-10-6-9-19(15-20)25(35)33-29-32-22(16-40-29)17-7-4-3-5-8-17/h3-16,31H,2H2,1H3,(H,32,33,35). The molecule has 1 aromatic heterocycles. The van der Waals surface area contributed by atoms with E-state index >= 15 is 0 Å². The van der Waals surface area contributed by atoms with Gasteiger partial charge in [0.25, 0.3) is 17.7 Å². The van der Waals surface area contributed by atoms with E-state index in [0.717, 1.165) is 16.2 Å². The minimum atomic E-state index is -0.718. The predicted octanol–water partition coefficient (Wildman–Crippen LogP) is 5.67. The number of halogens is 1. The second-order valence-electron chi connectivity index (χ2n) is 8.47. The molecule has 2 heterocycles. The Morgan fingerprint density at radius 3 is 2.42 bits per heavy atom. The van der Waals surface area contributed by atoms with E-state index in [-0.39, 0.29) is 28.6 Å². The summed E-state index contributed by atoms with van der Waals surface area (Å²) < 4.78 is 4.96. The van der Waals surface area contributed by atoms with E-state index in [1.54, 1.807) is 25.1 Å². The number of nitrogens with one attached hydrogen (secondary N) is 2. The number of nitrogens with zero attached hydrogens (tertiary/aromatic N) is 2. The Bertz CT molecular complexity index is 1650. The summed E-state index contributed by atoms with van der Waals surface area (Å²) in [5.41, 5.74) is 2.77. The van der Waals surface area contributed by atoms with Crippen molar-refractivity contribution in [2.45, 2.75) is 6.92 Å². The Labute approximate surface area is 238 Å². The van der Waals surface area contributed by atoms with Gasteiger partial charge >= 0.3 is 5.97 Å². The molecule has 9 nitrogen and oxygen atoms in total. The molecule has 0 atom stereocenters. The van der Waals surface area contributed by atoms with Crippen molar-refractivity contribution in [3.8, 4) is 11.3 Å². The van der Waals surface area contributed by atoms with Crippen LogP contribution in [0.1, 0.15) is 27.6 Å². The van der Waals surface area contributed by atoms with Crippen LogP contribution in [0.2, 0.25) is 0 Å². The number of thiazole rings is 1. The molecule has 0 aliphatic carbocycles.